The van der Waals surface area contributed by atoms with Gasteiger partial charge in [-0.15, -0.1) is 0 Å². The number of aromatic nitrogens is 2. The highest BCUT2D eigenvalue weighted by Gasteiger charge is 2.32. The van der Waals surface area contributed by atoms with Gasteiger partial charge >= 0.3 is 6.09 Å². The van der Waals surface area contributed by atoms with Crippen molar-refractivity contribution in [1.82, 2.24) is 14.9 Å². The molecular formula is C18H24N4O3. The van der Waals surface area contributed by atoms with Gasteiger partial charge in [0, 0.05) is 12.2 Å². The number of carbonyl (C=O) groups is 1. The topological polar surface area (TPSA) is 90.6 Å². The first-order valence-corrected chi connectivity index (χ1v) is 8.46. The first-order chi connectivity index (χ1) is 11.8. The number of ether oxygens (including phenoxy) is 2. The molecular weight excluding hydrogens is 320 g/mol. The molecule has 1 aromatic heterocycles. The SMILES string of the molecule is CC(C)(C)OC(=O)N1CCC[C@@H]1COc1cnc2cc(N)ccc2n1. The second-order valence-corrected chi connectivity index (χ2v) is 7.24. The molecule has 0 aliphatic carbocycles. The highest BCUT2D eigenvalue weighted by Crippen LogP contribution is 2.22. The summed E-state index contributed by atoms with van der Waals surface area (Å²) in [6.45, 7) is 6.65. The number of hydrogen-bond donors (Lipinski definition) is 1. The Kier molecular flexibility index (Phi) is 4.65. The van der Waals surface area contributed by atoms with E-state index in [0.29, 0.717) is 24.7 Å². The lowest BCUT2D eigenvalue weighted by atomic mass is 10.2. The summed E-state index contributed by atoms with van der Waals surface area (Å²) in [5, 5.41) is 0. The Morgan fingerprint density at radius 1 is 1.36 bits per heavy atom. The molecule has 1 aromatic carbocycles. The van der Waals surface area contributed by atoms with E-state index >= 15 is 0 Å². The monoisotopic (exact) mass is 344 g/mol. The van der Waals surface area contributed by atoms with Gasteiger partial charge in [0.1, 0.15) is 12.2 Å². The molecule has 7 heteroatoms. The summed E-state index contributed by atoms with van der Waals surface area (Å²) in [5.41, 5.74) is 7.34. The standard InChI is InChI=1S/C18H24N4O3/c1-18(2,3)25-17(23)22-8-4-5-13(22)11-24-16-10-20-15-9-12(19)6-7-14(15)21-16/h6-7,9-10,13H,4-5,8,11,19H2,1-3H3/t13-/m1/s1. The number of anilines is 1. The summed E-state index contributed by atoms with van der Waals surface area (Å²) in [6, 6.07) is 5.35. The molecule has 0 bridgehead atoms. The summed E-state index contributed by atoms with van der Waals surface area (Å²) >= 11 is 0. The number of likely N-dealkylation sites (tertiary alicyclic amines) is 1. The Labute approximate surface area is 147 Å². The lowest BCUT2D eigenvalue weighted by Crippen LogP contribution is -2.42. The Morgan fingerprint density at radius 3 is 2.92 bits per heavy atom. The minimum Gasteiger partial charge on any atom is -0.474 e. The summed E-state index contributed by atoms with van der Waals surface area (Å²) < 4.78 is 11.2. The van der Waals surface area contributed by atoms with Crippen molar-refractivity contribution in [2.45, 2.75) is 45.3 Å². The van der Waals surface area contributed by atoms with Crippen LogP contribution in [-0.2, 0) is 4.74 Å². The molecule has 25 heavy (non-hydrogen) atoms. The molecule has 134 valence electrons. The van der Waals surface area contributed by atoms with Crippen molar-refractivity contribution < 1.29 is 14.3 Å². The number of amides is 1. The van der Waals surface area contributed by atoms with Crippen LogP contribution in [0, 0.1) is 0 Å². The van der Waals surface area contributed by atoms with Crippen LogP contribution in [0.3, 0.4) is 0 Å². The zero-order chi connectivity index (χ0) is 18.0. The summed E-state index contributed by atoms with van der Waals surface area (Å²) in [7, 11) is 0. The zero-order valence-electron chi connectivity index (χ0n) is 14.9. The number of benzene rings is 1. The average molecular weight is 344 g/mol. The molecule has 1 atom stereocenters. The first kappa shape index (κ1) is 17.3. The smallest absolute Gasteiger partial charge is 0.410 e. The predicted molar refractivity (Wildman–Crippen MR) is 95.4 cm³/mol. The van der Waals surface area contributed by atoms with Crippen LogP contribution in [0.25, 0.3) is 11.0 Å². The van der Waals surface area contributed by atoms with Gasteiger partial charge in [-0.3, -0.25) is 0 Å². The van der Waals surface area contributed by atoms with Crippen LogP contribution < -0.4 is 10.5 Å². The van der Waals surface area contributed by atoms with Gasteiger partial charge in [0.2, 0.25) is 5.88 Å². The third-order valence-corrected chi connectivity index (χ3v) is 3.97. The summed E-state index contributed by atoms with van der Waals surface area (Å²) in [6.07, 6.45) is 3.11. The van der Waals surface area contributed by atoms with E-state index in [1.54, 1.807) is 23.2 Å². The number of nitrogens with zero attached hydrogens (tertiary/aromatic N) is 3. The number of nitrogen functional groups attached to an aromatic ring is 1. The summed E-state index contributed by atoms with van der Waals surface area (Å²) in [4.78, 5) is 22.8. The van der Waals surface area contributed by atoms with Crippen molar-refractivity contribution in [2.75, 3.05) is 18.9 Å². The maximum atomic E-state index is 12.3. The number of hydrogen-bond acceptors (Lipinski definition) is 6. The molecule has 2 N–H and O–H groups in total. The maximum absolute atomic E-state index is 12.3. The highest BCUT2D eigenvalue weighted by atomic mass is 16.6. The van der Waals surface area contributed by atoms with Gasteiger partial charge in [-0.25, -0.2) is 14.8 Å². The van der Waals surface area contributed by atoms with Gasteiger partial charge in [-0.1, -0.05) is 0 Å². The molecule has 1 amide bonds. The van der Waals surface area contributed by atoms with Crippen LogP contribution in [0.4, 0.5) is 10.5 Å². The van der Waals surface area contributed by atoms with Crippen molar-refractivity contribution in [3.05, 3.63) is 24.4 Å². The van der Waals surface area contributed by atoms with Gasteiger partial charge in [-0.05, 0) is 51.8 Å². The van der Waals surface area contributed by atoms with E-state index in [4.69, 9.17) is 15.2 Å². The quantitative estimate of drug-likeness (QED) is 0.861. The third kappa shape index (κ3) is 4.29. The molecule has 1 saturated heterocycles. The Morgan fingerprint density at radius 2 is 2.16 bits per heavy atom. The van der Waals surface area contributed by atoms with Crippen molar-refractivity contribution >= 4 is 22.8 Å². The van der Waals surface area contributed by atoms with Crippen LogP contribution >= 0.6 is 0 Å². The van der Waals surface area contributed by atoms with Gasteiger partial charge in [0.25, 0.3) is 0 Å². The minimum absolute atomic E-state index is 0.0150. The van der Waals surface area contributed by atoms with Gasteiger partial charge in [-0.2, -0.15) is 0 Å². The Hall–Kier alpha value is -2.57. The number of nitrogens with two attached hydrogens (primary N) is 1. The zero-order valence-corrected chi connectivity index (χ0v) is 14.9. The summed E-state index contributed by atoms with van der Waals surface area (Å²) in [5.74, 6) is 0.438. The lowest BCUT2D eigenvalue weighted by Gasteiger charge is -2.28. The van der Waals surface area contributed by atoms with E-state index in [0.717, 1.165) is 23.9 Å². The minimum atomic E-state index is -0.503. The second kappa shape index (κ2) is 6.74. The molecule has 0 saturated carbocycles. The number of carbonyl (C=O) groups excluding carboxylic acids is 1. The van der Waals surface area contributed by atoms with E-state index < -0.39 is 5.60 Å². The van der Waals surface area contributed by atoms with Crippen molar-refractivity contribution in [3.63, 3.8) is 0 Å². The van der Waals surface area contributed by atoms with Crippen molar-refractivity contribution in [1.29, 1.82) is 0 Å². The van der Waals surface area contributed by atoms with Crippen molar-refractivity contribution in [3.8, 4) is 5.88 Å². The van der Waals surface area contributed by atoms with Crippen LogP contribution in [-0.4, -0.2) is 45.8 Å². The molecule has 0 unspecified atom stereocenters. The molecule has 0 spiro atoms. The third-order valence-electron chi connectivity index (χ3n) is 3.97. The maximum Gasteiger partial charge on any atom is 0.410 e. The molecule has 1 aliphatic heterocycles. The molecule has 1 fully saturated rings. The largest absolute Gasteiger partial charge is 0.474 e. The van der Waals surface area contributed by atoms with E-state index in [9.17, 15) is 4.79 Å². The molecule has 3 rings (SSSR count). The fraction of sp³-hybridized carbons (Fsp3) is 0.500. The molecule has 0 radical (unpaired) electrons. The second-order valence-electron chi connectivity index (χ2n) is 7.24. The fourth-order valence-corrected chi connectivity index (χ4v) is 2.83. The molecule has 2 aromatic rings. The normalized spacial score (nSPS) is 17.7. The Balaban J connectivity index is 1.64. The number of fused-ring (bicyclic) bond motifs is 1. The number of rotatable bonds is 3. The molecule has 2 heterocycles. The first-order valence-electron chi connectivity index (χ1n) is 8.46. The van der Waals surface area contributed by atoms with Crippen LogP contribution in [0.2, 0.25) is 0 Å². The molecule has 1 aliphatic rings. The van der Waals surface area contributed by atoms with Crippen LogP contribution in [0.1, 0.15) is 33.6 Å². The van der Waals surface area contributed by atoms with E-state index in [1.807, 2.05) is 26.8 Å². The highest BCUT2D eigenvalue weighted by molar-refractivity contribution is 5.78. The average Bonchev–Trinajstić information content (AvgIpc) is 3.00. The van der Waals surface area contributed by atoms with Crippen molar-refractivity contribution in [2.24, 2.45) is 0 Å². The van der Waals surface area contributed by atoms with E-state index in [2.05, 4.69) is 9.97 Å². The van der Waals surface area contributed by atoms with Gasteiger partial charge in [0.15, 0.2) is 0 Å². The van der Waals surface area contributed by atoms with Crippen LogP contribution in [0.5, 0.6) is 5.88 Å². The van der Waals surface area contributed by atoms with Gasteiger partial charge in [0.05, 0.1) is 23.3 Å². The lowest BCUT2D eigenvalue weighted by molar-refractivity contribution is 0.0186. The fourth-order valence-electron chi connectivity index (χ4n) is 2.83. The Bertz CT molecular complexity index is 772. The van der Waals surface area contributed by atoms with E-state index in [-0.39, 0.29) is 12.1 Å². The molecule has 7 nitrogen and oxygen atoms in total. The van der Waals surface area contributed by atoms with E-state index in [1.165, 1.54) is 0 Å². The predicted octanol–water partition coefficient (Wildman–Crippen LogP) is 2.99. The van der Waals surface area contributed by atoms with Crippen LogP contribution in [0.15, 0.2) is 24.4 Å². The van der Waals surface area contributed by atoms with Gasteiger partial charge < -0.3 is 20.1 Å².